The van der Waals surface area contributed by atoms with Crippen LogP contribution in [0.2, 0.25) is 0 Å². The normalized spacial score (nSPS) is 11.8. The molecule has 39 heavy (non-hydrogen) atoms. The predicted octanol–water partition coefficient (Wildman–Crippen LogP) is 10.1. The Morgan fingerprint density at radius 3 is 1.85 bits per heavy atom. The molecule has 5 aromatic carbocycles. The number of thiophene rings is 1. The van der Waals surface area contributed by atoms with Crippen LogP contribution in [0.5, 0.6) is 0 Å². The number of nitrogens with zero attached hydrogens (tertiary/aromatic N) is 1. The minimum atomic E-state index is 1.23. The summed E-state index contributed by atoms with van der Waals surface area (Å²) >= 11 is 1.91. The Labute approximate surface area is 230 Å². The van der Waals surface area contributed by atoms with Gasteiger partial charge in [-0.15, -0.1) is 11.3 Å². The Bertz CT molecular complexity index is 2360. The first-order valence-corrected chi connectivity index (χ1v) is 14.2. The van der Waals surface area contributed by atoms with Crippen molar-refractivity contribution >= 4 is 85.5 Å². The van der Waals surface area contributed by atoms with Crippen LogP contribution < -0.4 is 4.57 Å². The number of hydrogen-bond donors (Lipinski definition) is 0. The van der Waals surface area contributed by atoms with Crippen molar-refractivity contribution in [2.24, 2.45) is 7.05 Å². The van der Waals surface area contributed by atoms with Gasteiger partial charge in [0.25, 0.3) is 0 Å². The van der Waals surface area contributed by atoms with Crippen molar-refractivity contribution in [2.45, 2.75) is 6.92 Å². The van der Waals surface area contributed by atoms with E-state index in [4.69, 9.17) is 0 Å². The van der Waals surface area contributed by atoms with Gasteiger partial charge in [-0.1, -0.05) is 84.9 Å². The third-order valence-electron chi connectivity index (χ3n) is 8.19. The number of benzene rings is 5. The number of pyridine rings is 1. The van der Waals surface area contributed by atoms with Gasteiger partial charge in [0.15, 0.2) is 6.20 Å². The summed E-state index contributed by atoms with van der Waals surface area (Å²) in [5.74, 6) is 0. The maximum Gasteiger partial charge on any atom is 0.230 e. The molecule has 9 bridgehead atoms. The van der Waals surface area contributed by atoms with E-state index < -0.39 is 0 Å². The van der Waals surface area contributed by atoms with E-state index in [0.29, 0.717) is 0 Å². The molecule has 0 aliphatic heterocycles. The van der Waals surface area contributed by atoms with E-state index in [-0.39, 0.29) is 0 Å². The lowest BCUT2D eigenvalue weighted by Gasteiger charge is -2.03. The van der Waals surface area contributed by atoms with Crippen molar-refractivity contribution in [1.82, 2.24) is 0 Å². The summed E-state index contributed by atoms with van der Waals surface area (Å²) in [7, 11) is 2.17. The molecule has 0 atom stereocenters. The van der Waals surface area contributed by atoms with Crippen LogP contribution in [0.25, 0.3) is 74.2 Å². The lowest BCUT2D eigenvalue weighted by Crippen LogP contribution is -2.27. The fraction of sp³-hybridized carbons (Fsp3) is 0.0541. The molecule has 0 unspecified atom stereocenters. The van der Waals surface area contributed by atoms with Crippen molar-refractivity contribution in [3.05, 3.63) is 127 Å². The van der Waals surface area contributed by atoms with E-state index >= 15 is 0 Å². The SMILES string of the molecule is Cc1ccc2cc1c1c3sc4cc(ccc4c3cc[n+]1C)c1ccccc1c1cccc(c1)c1cccc2c1. The molecule has 0 aliphatic carbocycles. The largest absolute Gasteiger partial charge is 0.230 e. The molecule has 0 amide bonds. The molecule has 3 aromatic heterocycles. The number of fused-ring (bicyclic) bond motifs is 14. The second kappa shape index (κ2) is 8.49. The van der Waals surface area contributed by atoms with Crippen LogP contribution in [0.1, 0.15) is 5.56 Å². The lowest BCUT2D eigenvalue weighted by atomic mass is 10.0. The molecule has 0 aliphatic rings. The quantitative estimate of drug-likeness (QED) is 0.177. The molecule has 3 heterocycles. The van der Waals surface area contributed by atoms with Gasteiger partial charge in [0.2, 0.25) is 5.52 Å². The zero-order valence-corrected chi connectivity index (χ0v) is 22.7. The van der Waals surface area contributed by atoms with Crippen LogP contribution in [-0.4, -0.2) is 0 Å². The smallest absolute Gasteiger partial charge is 0.200 e. The van der Waals surface area contributed by atoms with Crippen molar-refractivity contribution in [2.75, 3.05) is 0 Å². The lowest BCUT2D eigenvalue weighted by molar-refractivity contribution is -0.643. The molecule has 8 rings (SSSR count). The molecular formula is C37H26NS+. The van der Waals surface area contributed by atoms with E-state index in [1.54, 1.807) is 0 Å². The molecule has 0 fully saturated rings. The number of aromatic nitrogens is 1. The van der Waals surface area contributed by atoms with E-state index in [0.717, 1.165) is 0 Å². The first-order chi connectivity index (χ1) is 19.1. The second-order valence-electron chi connectivity index (χ2n) is 10.6. The summed E-state index contributed by atoms with van der Waals surface area (Å²) in [4.78, 5) is 0. The first-order valence-electron chi connectivity index (χ1n) is 13.4. The fourth-order valence-electron chi connectivity index (χ4n) is 6.15. The topological polar surface area (TPSA) is 3.88 Å². The minimum absolute atomic E-state index is 1.23. The van der Waals surface area contributed by atoms with Crippen LogP contribution >= 0.6 is 11.3 Å². The Kier molecular flexibility index (Phi) is 4.89. The van der Waals surface area contributed by atoms with Crippen LogP contribution in [0.15, 0.2) is 121 Å². The zero-order chi connectivity index (χ0) is 26.1. The van der Waals surface area contributed by atoms with Crippen LogP contribution in [0.4, 0.5) is 0 Å². The monoisotopic (exact) mass is 516 g/mol. The molecule has 8 aromatic rings. The Morgan fingerprint density at radius 1 is 0.487 bits per heavy atom. The highest BCUT2D eigenvalue weighted by molar-refractivity contribution is 7.26. The van der Waals surface area contributed by atoms with Crippen molar-refractivity contribution in [3.63, 3.8) is 0 Å². The van der Waals surface area contributed by atoms with Crippen LogP contribution in [0, 0.1) is 6.92 Å². The zero-order valence-electron chi connectivity index (χ0n) is 21.9. The summed E-state index contributed by atoms with van der Waals surface area (Å²) in [5, 5.41) is 13.9. The molecule has 0 N–H and O–H groups in total. The van der Waals surface area contributed by atoms with Gasteiger partial charge in [0.1, 0.15) is 11.7 Å². The van der Waals surface area contributed by atoms with Gasteiger partial charge in [0, 0.05) is 21.5 Å². The number of aryl methyl sites for hydroxylation is 2. The third kappa shape index (κ3) is 3.49. The predicted molar refractivity (Wildman–Crippen MR) is 170 cm³/mol. The van der Waals surface area contributed by atoms with E-state index in [1.165, 1.54) is 79.7 Å². The van der Waals surface area contributed by atoms with E-state index in [1.807, 2.05) is 11.3 Å². The van der Waals surface area contributed by atoms with E-state index in [9.17, 15) is 0 Å². The maximum absolute atomic E-state index is 2.39. The van der Waals surface area contributed by atoms with Gasteiger partial charge in [-0.3, -0.25) is 0 Å². The van der Waals surface area contributed by atoms with Crippen molar-refractivity contribution < 1.29 is 4.57 Å². The molecule has 0 saturated heterocycles. The third-order valence-corrected chi connectivity index (χ3v) is 9.37. The Balaban J connectivity index is 1.70. The fourth-order valence-corrected chi connectivity index (χ4v) is 7.48. The minimum Gasteiger partial charge on any atom is -0.200 e. The number of rotatable bonds is 0. The second-order valence-corrected chi connectivity index (χ2v) is 11.6. The van der Waals surface area contributed by atoms with Gasteiger partial charge < -0.3 is 0 Å². The highest BCUT2D eigenvalue weighted by Gasteiger charge is 2.16. The van der Waals surface area contributed by atoms with Crippen molar-refractivity contribution in [1.29, 1.82) is 0 Å². The standard InChI is InChI=1S/C37H26NS/c1-23-13-14-27-21-34(23)36-37-33(17-18-38(36)2)32-16-15-29(22-35(32)39-37)31-12-4-3-11-30(31)28-10-6-9-26(20-28)24-7-5-8-25(27)19-24/h3-22H,1-2H3/q+1. The average molecular weight is 517 g/mol. The molecule has 0 saturated carbocycles. The molecule has 0 spiro atoms. The summed E-state index contributed by atoms with van der Waals surface area (Å²) in [6, 6.07) is 42.9. The summed E-state index contributed by atoms with van der Waals surface area (Å²) < 4.78 is 4.95. The average Bonchev–Trinajstić information content (AvgIpc) is 3.35. The molecular weight excluding hydrogens is 490 g/mol. The van der Waals surface area contributed by atoms with Gasteiger partial charge in [-0.2, -0.15) is 4.57 Å². The Hall–Kier alpha value is -4.53. The summed E-state index contributed by atoms with van der Waals surface area (Å²) in [6.07, 6.45) is 2.21. The summed E-state index contributed by atoms with van der Waals surface area (Å²) in [6.45, 7) is 2.23. The Morgan fingerprint density at radius 2 is 1.10 bits per heavy atom. The maximum atomic E-state index is 2.39. The van der Waals surface area contributed by atoms with Gasteiger partial charge in [-0.05, 0) is 79.8 Å². The van der Waals surface area contributed by atoms with Crippen LogP contribution in [-0.2, 0) is 7.05 Å². The highest BCUT2D eigenvalue weighted by Crippen LogP contribution is 2.38. The van der Waals surface area contributed by atoms with Gasteiger partial charge in [-0.25, -0.2) is 0 Å². The molecule has 1 nitrogen and oxygen atoms in total. The van der Waals surface area contributed by atoms with Crippen LogP contribution in [0.3, 0.4) is 0 Å². The first kappa shape index (κ1) is 22.5. The highest BCUT2D eigenvalue weighted by atomic mass is 32.1. The van der Waals surface area contributed by atoms with Gasteiger partial charge in [0.05, 0.1) is 5.39 Å². The molecule has 2 heteroatoms. The van der Waals surface area contributed by atoms with Gasteiger partial charge >= 0.3 is 0 Å². The van der Waals surface area contributed by atoms with E-state index in [2.05, 4.69) is 140 Å². The summed E-state index contributed by atoms with van der Waals surface area (Å²) in [5.41, 5.74) is 2.57. The van der Waals surface area contributed by atoms with Crippen molar-refractivity contribution in [3.8, 4) is 0 Å². The molecule has 0 radical (unpaired) electrons. The molecule has 184 valence electrons. The number of hydrogen-bond acceptors (Lipinski definition) is 1.